The second-order valence-electron chi connectivity index (χ2n) is 5.95. The standard InChI is InChI=1S/C18H18ClF2NO2/c19-13-2-4-14(5-3-13)24-18-7-8-22(11-17(18)23)10-12-1-6-15(20)16(21)9-12/h1-6,9,17-18,23H,7-8,10-11H2/t17-,18-/m1/s1. The summed E-state index contributed by atoms with van der Waals surface area (Å²) in [5.74, 6) is -1.04. The van der Waals surface area contributed by atoms with Crippen molar-refractivity contribution in [3.63, 3.8) is 0 Å². The fourth-order valence-electron chi connectivity index (χ4n) is 2.84. The minimum atomic E-state index is -0.853. The molecule has 3 nitrogen and oxygen atoms in total. The number of β-amino-alcohol motifs (C(OH)–C–C–N with tert-alkyl or cyclic N) is 1. The minimum Gasteiger partial charge on any atom is -0.488 e. The lowest BCUT2D eigenvalue weighted by Gasteiger charge is -2.36. The van der Waals surface area contributed by atoms with Crippen LogP contribution in [0.3, 0.4) is 0 Å². The molecule has 0 saturated carbocycles. The first-order valence-electron chi connectivity index (χ1n) is 7.78. The van der Waals surface area contributed by atoms with Crippen molar-refractivity contribution in [2.75, 3.05) is 13.1 Å². The topological polar surface area (TPSA) is 32.7 Å². The van der Waals surface area contributed by atoms with Gasteiger partial charge in [0.25, 0.3) is 0 Å². The van der Waals surface area contributed by atoms with Crippen molar-refractivity contribution in [3.05, 3.63) is 64.7 Å². The van der Waals surface area contributed by atoms with Gasteiger partial charge in [0.05, 0.1) is 0 Å². The van der Waals surface area contributed by atoms with Crippen LogP contribution < -0.4 is 4.74 Å². The lowest BCUT2D eigenvalue weighted by molar-refractivity contribution is -0.0275. The summed E-state index contributed by atoms with van der Waals surface area (Å²) in [7, 11) is 0. The molecule has 1 aliphatic heterocycles. The van der Waals surface area contributed by atoms with Crippen LogP contribution >= 0.6 is 11.6 Å². The smallest absolute Gasteiger partial charge is 0.159 e. The summed E-state index contributed by atoms with van der Waals surface area (Å²) in [6.45, 7) is 1.58. The number of hydrogen-bond acceptors (Lipinski definition) is 3. The molecule has 0 radical (unpaired) electrons. The number of halogens is 3. The van der Waals surface area contributed by atoms with E-state index in [1.54, 1.807) is 30.3 Å². The van der Waals surface area contributed by atoms with Crippen LogP contribution in [0, 0.1) is 11.6 Å². The fraction of sp³-hybridized carbons (Fsp3) is 0.333. The van der Waals surface area contributed by atoms with Gasteiger partial charge < -0.3 is 9.84 Å². The summed E-state index contributed by atoms with van der Waals surface area (Å²) in [6.07, 6.45) is -0.305. The van der Waals surface area contributed by atoms with Gasteiger partial charge in [0.1, 0.15) is 18.0 Å². The first kappa shape index (κ1) is 17.1. The van der Waals surface area contributed by atoms with Crippen molar-refractivity contribution in [2.45, 2.75) is 25.2 Å². The molecule has 1 fully saturated rings. The largest absolute Gasteiger partial charge is 0.488 e. The molecule has 128 valence electrons. The molecule has 6 heteroatoms. The molecule has 0 bridgehead atoms. The number of benzene rings is 2. The third-order valence-electron chi connectivity index (χ3n) is 4.10. The summed E-state index contributed by atoms with van der Waals surface area (Å²) >= 11 is 5.84. The second-order valence-corrected chi connectivity index (χ2v) is 6.39. The first-order valence-corrected chi connectivity index (χ1v) is 8.15. The van der Waals surface area contributed by atoms with Crippen LogP contribution in [0.1, 0.15) is 12.0 Å². The predicted octanol–water partition coefficient (Wildman–Crippen LogP) is 3.63. The molecule has 24 heavy (non-hydrogen) atoms. The SMILES string of the molecule is O[C@@H]1CN(Cc2ccc(F)c(F)c2)CC[C@H]1Oc1ccc(Cl)cc1. The number of rotatable bonds is 4. The van der Waals surface area contributed by atoms with E-state index >= 15 is 0 Å². The third-order valence-corrected chi connectivity index (χ3v) is 4.35. The Balaban J connectivity index is 1.56. The quantitative estimate of drug-likeness (QED) is 0.911. The average Bonchev–Trinajstić information content (AvgIpc) is 2.55. The normalized spacial score (nSPS) is 21.7. The van der Waals surface area contributed by atoms with Gasteiger partial charge in [0.15, 0.2) is 11.6 Å². The zero-order chi connectivity index (χ0) is 17.1. The summed E-state index contributed by atoms with van der Waals surface area (Å²) in [6, 6.07) is 10.9. The molecule has 1 heterocycles. The molecule has 0 unspecified atom stereocenters. The number of hydrogen-bond donors (Lipinski definition) is 1. The maximum absolute atomic E-state index is 13.3. The van der Waals surface area contributed by atoms with Gasteiger partial charge in [0, 0.05) is 24.7 Å². The number of likely N-dealkylation sites (tertiary alicyclic amines) is 1. The fourth-order valence-corrected chi connectivity index (χ4v) is 2.97. The maximum atomic E-state index is 13.3. The molecule has 1 saturated heterocycles. The van der Waals surface area contributed by atoms with Gasteiger partial charge in [-0.3, -0.25) is 4.90 Å². The Morgan fingerprint density at radius 1 is 1.12 bits per heavy atom. The molecule has 1 N–H and O–H groups in total. The molecule has 0 aromatic heterocycles. The van der Waals surface area contributed by atoms with E-state index in [9.17, 15) is 13.9 Å². The van der Waals surface area contributed by atoms with Gasteiger partial charge in [-0.1, -0.05) is 17.7 Å². The summed E-state index contributed by atoms with van der Waals surface area (Å²) in [4.78, 5) is 2.00. The van der Waals surface area contributed by atoms with E-state index in [-0.39, 0.29) is 6.10 Å². The molecule has 0 amide bonds. The van der Waals surface area contributed by atoms with E-state index in [2.05, 4.69) is 0 Å². The highest BCUT2D eigenvalue weighted by atomic mass is 35.5. The van der Waals surface area contributed by atoms with Crippen LogP contribution in [0.25, 0.3) is 0 Å². The van der Waals surface area contributed by atoms with E-state index in [4.69, 9.17) is 16.3 Å². The highest BCUT2D eigenvalue weighted by molar-refractivity contribution is 6.30. The molecule has 2 aromatic rings. The average molecular weight is 354 g/mol. The molecule has 0 spiro atoms. The summed E-state index contributed by atoms with van der Waals surface area (Å²) in [5.41, 5.74) is 0.679. The van der Waals surface area contributed by atoms with Crippen LogP contribution in [0.5, 0.6) is 5.75 Å². The Bertz CT molecular complexity index is 696. The van der Waals surface area contributed by atoms with Crippen molar-refractivity contribution in [1.82, 2.24) is 4.90 Å². The molecular weight excluding hydrogens is 336 g/mol. The van der Waals surface area contributed by atoms with E-state index in [1.807, 2.05) is 4.90 Å². The van der Waals surface area contributed by atoms with Crippen LogP contribution in [-0.2, 0) is 6.54 Å². The highest BCUT2D eigenvalue weighted by Gasteiger charge is 2.29. The number of ether oxygens (including phenoxy) is 1. The highest BCUT2D eigenvalue weighted by Crippen LogP contribution is 2.22. The molecular formula is C18H18ClF2NO2. The number of piperidine rings is 1. The first-order chi connectivity index (χ1) is 11.5. The van der Waals surface area contributed by atoms with Crippen LogP contribution in [0.4, 0.5) is 8.78 Å². The summed E-state index contributed by atoms with van der Waals surface area (Å²) in [5, 5.41) is 10.9. The Morgan fingerprint density at radius 2 is 1.88 bits per heavy atom. The Morgan fingerprint density at radius 3 is 2.54 bits per heavy atom. The van der Waals surface area contributed by atoms with Gasteiger partial charge in [-0.25, -0.2) is 8.78 Å². The molecule has 2 atom stereocenters. The molecule has 3 rings (SSSR count). The third kappa shape index (κ3) is 4.23. The lowest BCUT2D eigenvalue weighted by atomic mass is 10.0. The maximum Gasteiger partial charge on any atom is 0.159 e. The van der Waals surface area contributed by atoms with E-state index < -0.39 is 17.7 Å². The van der Waals surface area contributed by atoms with Crippen molar-refractivity contribution in [3.8, 4) is 5.75 Å². The number of aliphatic hydroxyl groups is 1. The molecule has 2 aromatic carbocycles. The lowest BCUT2D eigenvalue weighted by Crippen LogP contribution is -2.48. The monoisotopic (exact) mass is 353 g/mol. The van der Waals surface area contributed by atoms with E-state index in [0.29, 0.717) is 42.4 Å². The van der Waals surface area contributed by atoms with Crippen molar-refractivity contribution in [1.29, 1.82) is 0 Å². The van der Waals surface area contributed by atoms with Gasteiger partial charge >= 0.3 is 0 Å². The molecule has 1 aliphatic rings. The van der Waals surface area contributed by atoms with Gasteiger partial charge in [-0.15, -0.1) is 0 Å². The van der Waals surface area contributed by atoms with Crippen LogP contribution in [0.2, 0.25) is 5.02 Å². The van der Waals surface area contributed by atoms with E-state index in [0.717, 1.165) is 6.07 Å². The van der Waals surface area contributed by atoms with E-state index in [1.165, 1.54) is 6.07 Å². The predicted molar refractivity (Wildman–Crippen MR) is 88.1 cm³/mol. The second kappa shape index (κ2) is 7.47. The Hall–Kier alpha value is -1.69. The Kier molecular flexibility index (Phi) is 5.33. The number of aliphatic hydroxyl groups excluding tert-OH is 1. The zero-order valence-corrected chi connectivity index (χ0v) is 13.7. The minimum absolute atomic E-state index is 0.299. The number of nitrogens with zero attached hydrogens (tertiary/aromatic N) is 1. The van der Waals surface area contributed by atoms with Crippen molar-refractivity contribution >= 4 is 11.6 Å². The van der Waals surface area contributed by atoms with Crippen LogP contribution in [-0.4, -0.2) is 35.3 Å². The van der Waals surface area contributed by atoms with Gasteiger partial charge in [0.2, 0.25) is 0 Å². The zero-order valence-electron chi connectivity index (χ0n) is 13.0. The Labute approximate surface area is 144 Å². The summed E-state index contributed by atoms with van der Waals surface area (Å²) < 4.78 is 32.1. The van der Waals surface area contributed by atoms with Crippen LogP contribution in [0.15, 0.2) is 42.5 Å². The van der Waals surface area contributed by atoms with Crippen molar-refractivity contribution in [2.24, 2.45) is 0 Å². The molecule has 0 aliphatic carbocycles. The van der Waals surface area contributed by atoms with Gasteiger partial charge in [-0.05, 0) is 48.4 Å². The van der Waals surface area contributed by atoms with Gasteiger partial charge in [-0.2, -0.15) is 0 Å². The van der Waals surface area contributed by atoms with Crippen molar-refractivity contribution < 1.29 is 18.6 Å².